The predicted molar refractivity (Wildman–Crippen MR) is 52.1 cm³/mol. The third-order valence-corrected chi connectivity index (χ3v) is 1.64. The number of imidazole rings is 1. The number of nitrogens with one attached hydrogen (secondary N) is 1. The monoisotopic (exact) mass is 198 g/mol. The Hall–Kier alpha value is -1.45. The maximum atomic E-state index is 12.6. The molecule has 0 unspecified atom stereocenters. The summed E-state index contributed by atoms with van der Waals surface area (Å²) in [5.41, 5.74) is 0.970. The van der Waals surface area contributed by atoms with Gasteiger partial charge in [-0.05, 0) is 6.92 Å². The van der Waals surface area contributed by atoms with Crippen LogP contribution in [0.5, 0.6) is 0 Å². The van der Waals surface area contributed by atoms with Gasteiger partial charge in [0.05, 0.1) is 11.0 Å². The Balaban J connectivity index is 0.000000461. The van der Waals surface area contributed by atoms with Gasteiger partial charge in [-0.15, -0.1) is 0 Å². The summed E-state index contributed by atoms with van der Waals surface area (Å²) in [5, 5.41) is 0. The van der Waals surface area contributed by atoms with E-state index in [1.807, 2.05) is 13.8 Å². The van der Waals surface area contributed by atoms with Gasteiger partial charge in [0.25, 0.3) is 0 Å². The number of rotatable bonds is 0. The molecule has 0 aliphatic heterocycles. The summed E-state index contributed by atoms with van der Waals surface area (Å²) < 4.78 is 25.3. The van der Waals surface area contributed by atoms with E-state index in [0.717, 1.165) is 12.1 Å². The van der Waals surface area contributed by atoms with Gasteiger partial charge in [0.1, 0.15) is 5.82 Å². The first-order chi connectivity index (χ1) is 6.66. The van der Waals surface area contributed by atoms with Crippen molar-refractivity contribution in [3.63, 3.8) is 0 Å². The Morgan fingerprint density at radius 1 is 1.14 bits per heavy atom. The first-order valence-electron chi connectivity index (χ1n) is 4.48. The van der Waals surface area contributed by atoms with E-state index in [4.69, 9.17) is 0 Å². The highest BCUT2D eigenvalue weighted by Crippen LogP contribution is 2.15. The molecule has 1 heterocycles. The van der Waals surface area contributed by atoms with E-state index in [0.29, 0.717) is 16.9 Å². The minimum atomic E-state index is -0.867. The number of H-pyrrole nitrogens is 1. The van der Waals surface area contributed by atoms with Gasteiger partial charge in [0.2, 0.25) is 0 Å². The second kappa shape index (κ2) is 4.17. The van der Waals surface area contributed by atoms with Crippen molar-refractivity contribution in [1.29, 1.82) is 0 Å². The molecule has 76 valence electrons. The molecule has 4 heteroatoms. The fourth-order valence-corrected chi connectivity index (χ4v) is 1.13. The zero-order valence-corrected chi connectivity index (χ0v) is 8.36. The minimum Gasteiger partial charge on any atom is -0.342 e. The average molecular weight is 198 g/mol. The number of aromatic amines is 1. The van der Waals surface area contributed by atoms with Gasteiger partial charge >= 0.3 is 0 Å². The molecule has 2 rings (SSSR count). The van der Waals surface area contributed by atoms with Crippen molar-refractivity contribution < 1.29 is 8.78 Å². The highest BCUT2D eigenvalue weighted by molar-refractivity contribution is 5.75. The first-order valence-corrected chi connectivity index (χ1v) is 4.48. The Bertz CT molecular complexity index is 396. The van der Waals surface area contributed by atoms with Crippen molar-refractivity contribution in [1.82, 2.24) is 9.97 Å². The maximum absolute atomic E-state index is 12.6. The molecule has 14 heavy (non-hydrogen) atoms. The van der Waals surface area contributed by atoms with Crippen LogP contribution in [0.2, 0.25) is 0 Å². The van der Waals surface area contributed by atoms with Gasteiger partial charge in [-0.3, -0.25) is 0 Å². The number of benzene rings is 1. The lowest BCUT2D eigenvalue weighted by Gasteiger charge is -1.90. The number of aromatic nitrogens is 2. The fourth-order valence-electron chi connectivity index (χ4n) is 1.13. The molecule has 1 aromatic carbocycles. The molecule has 0 amide bonds. The molecule has 1 aromatic heterocycles. The van der Waals surface area contributed by atoms with Crippen molar-refractivity contribution in [3.8, 4) is 0 Å². The summed E-state index contributed by atoms with van der Waals surface area (Å²) in [4.78, 5) is 6.76. The second-order valence-electron chi connectivity index (χ2n) is 2.61. The largest absolute Gasteiger partial charge is 0.342 e. The van der Waals surface area contributed by atoms with Crippen LogP contribution in [0.15, 0.2) is 12.1 Å². The molecular weight excluding hydrogens is 186 g/mol. The SMILES string of the molecule is CC.Cc1nc2cc(F)c(F)cc2[nH]1. The second-order valence-corrected chi connectivity index (χ2v) is 2.61. The van der Waals surface area contributed by atoms with E-state index in [9.17, 15) is 8.78 Å². The van der Waals surface area contributed by atoms with Gasteiger partial charge in [-0.1, -0.05) is 13.8 Å². The van der Waals surface area contributed by atoms with Crippen molar-refractivity contribution in [2.45, 2.75) is 20.8 Å². The number of aryl methyl sites for hydroxylation is 1. The standard InChI is InChI=1S/C8H6F2N2.C2H6/c1-4-11-7-2-5(9)6(10)3-8(7)12-4;1-2/h2-3H,1H3,(H,11,12);1-2H3. The van der Waals surface area contributed by atoms with Crippen LogP contribution in [0.3, 0.4) is 0 Å². The van der Waals surface area contributed by atoms with Crippen molar-refractivity contribution in [3.05, 3.63) is 29.6 Å². The molecule has 0 atom stereocenters. The maximum Gasteiger partial charge on any atom is 0.161 e. The normalized spacial score (nSPS) is 9.79. The van der Waals surface area contributed by atoms with E-state index in [-0.39, 0.29) is 0 Å². The van der Waals surface area contributed by atoms with E-state index in [2.05, 4.69) is 9.97 Å². The summed E-state index contributed by atoms with van der Waals surface area (Å²) in [5.74, 6) is -1.07. The van der Waals surface area contributed by atoms with Gasteiger partial charge < -0.3 is 4.98 Å². The van der Waals surface area contributed by atoms with Crippen LogP contribution < -0.4 is 0 Å². The molecule has 2 nitrogen and oxygen atoms in total. The van der Waals surface area contributed by atoms with Gasteiger partial charge in [0.15, 0.2) is 11.6 Å². The number of fused-ring (bicyclic) bond motifs is 1. The number of hydrogen-bond donors (Lipinski definition) is 1. The van der Waals surface area contributed by atoms with Crippen LogP contribution in [0, 0.1) is 18.6 Å². The Labute approximate surface area is 81.0 Å². The smallest absolute Gasteiger partial charge is 0.161 e. The summed E-state index contributed by atoms with van der Waals surface area (Å²) in [6.07, 6.45) is 0. The van der Waals surface area contributed by atoms with Crippen LogP contribution in [0.1, 0.15) is 19.7 Å². The highest BCUT2D eigenvalue weighted by atomic mass is 19.2. The lowest BCUT2D eigenvalue weighted by molar-refractivity contribution is 0.510. The zero-order chi connectivity index (χ0) is 10.7. The molecule has 1 N–H and O–H groups in total. The third kappa shape index (κ3) is 1.89. The molecule has 0 bridgehead atoms. The average Bonchev–Trinajstić information content (AvgIpc) is 2.49. The van der Waals surface area contributed by atoms with Crippen LogP contribution in [0.4, 0.5) is 8.78 Å². The number of hydrogen-bond acceptors (Lipinski definition) is 1. The minimum absolute atomic E-state index is 0.450. The van der Waals surface area contributed by atoms with E-state index >= 15 is 0 Å². The van der Waals surface area contributed by atoms with Crippen LogP contribution in [0.25, 0.3) is 11.0 Å². The van der Waals surface area contributed by atoms with Gasteiger partial charge in [-0.2, -0.15) is 0 Å². The summed E-state index contributed by atoms with van der Waals surface area (Å²) in [6, 6.07) is 2.18. The first kappa shape index (κ1) is 10.6. The highest BCUT2D eigenvalue weighted by Gasteiger charge is 2.05. The van der Waals surface area contributed by atoms with Gasteiger partial charge in [-0.25, -0.2) is 13.8 Å². The number of nitrogens with zero attached hydrogens (tertiary/aromatic N) is 1. The molecule has 0 saturated carbocycles. The summed E-state index contributed by atoms with van der Waals surface area (Å²) in [7, 11) is 0. The summed E-state index contributed by atoms with van der Waals surface area (Å²) in [6.45, 7) is 5.73. The molecule has 0 radical (unpaired) electrons. The topological polar surface area (TPSA) is 28.7 Å². The molecule has 0 spiro atoms. The Morgan fingerprint density at radius 2 is 1.71 bits per heavy atom. The Morgan fingerprint density at radius 3 is 2.36 bits per heavy atom. The predicted octanol–water partition coefficient (Wildman–Crippen LogP) is 3.18. The molecule has 2 aromatic rings. The van der Waals surface area contributed by atoms with Crippen molar-refractivity contribution >= 4 is 11.0 Å². The van der Waals surface area contributed by atoms with Crippen LogP contribution in [-0.4, -0.2) is 9.97 Å². The van der Waals surface area contributed by atoms with E-state index < -0.39 is 11.6 Å². The molecule has 0 aliphatic rings. The zero-order valence-electron chi connectivity index (χ0n) is 8.36. The van der Waals surface area contributed by atoms with Crippen molar-refractivity contribution in [2.75, 3.05) is 0 Å². The van der Waals surface area contributed by atoms with Crippen molar-refractivity contribution in [2.24, 2.45) is 0 Å². The van der Waals surface area contributed by atoms with Crippen LogP contribution in [-0.2, 0) is 0 Å². The third-order valence-electron chi connectivity index (χ3n) is 1.64. The molecule has 0 saturated heterocycles. The quantitative estimate of drug-likeness (QED) is 0.692. The molecular formula is C10H12F2N2. The van der Waals surface area contributed by atoms with E-state index in [1.54, 1.807) is 6.92 Å². The molecule has 0 fully saturated rings. The fraction of sp³-hybridized carbons (Fsp3) is 0.300. The van der Waals surface area contributed by atoms with Crippen LogP contribution >= 0.6 is 0 Å². The number of halogens is 2. The van der Waals surface area contributed by atoms with Gasteiger partial charge in [0, 0.05) is 12.1 Å². The lowest BCUT2D eigenvalue weighted by atomic mass is 10.3. The lowest BCUT2D eigenvalue weighted by Crippen LogP contribution is -1.82. The summed E-state index contributed by atoms with van der Waals surface area (Å²) >= 11 is 0. The molecule has 0 aliphatic carbocycles. The van der Waals surface area contributed by atoms with E-state index in [1.165, 1.54) is 0 Å². The Kier molecular flexibility index (Phi) is 3.17.